The fraction of sp³-hybridized carbons (Fsp3) is 0.322. The van der Waals surface area contributed by atoms with Gasteiger partial charge in [-0.3, -0.25) is 33.6 Å². The lowest BCUT2D eigenvalue weighted by molar-refractivity contribution is -0.0221. The number of aromatic amines is 1. The number of nitrogens with one attached hydrogen (secondary N) is 5. The third kappa shape index (κ3) is 16.2. The van der Waals surface area contributed by atoms with E-state index in [0.29, 0.717) is 136 Å². The van der Waals surface area contributed by atoms with Gasteiger partial charge in [-0.1, -0.05) is 37.5 Å². The third-order valence-electron chi connectivity index (χ3n) is 22.8. The highest BCUT2D eigenvalue weighted by molar-refractivity contribution is 6.06. The number of pyridine rings is 4. The van der Waals surface area contributed by atoms with E-state index in [1.54, 1.807) is 57.1 Å². The largest absolute Gasteiger partial charge is 0.393 e. The molecule has 121 heavy (non-hydrogen) atoms. The van der Waals surface area contributed by atoms with Crippen molar-refractivity contribution >= 4 is 41.2 Å². The molecule has 7 aliphatic heterocycles. The zero-order chi connectivity index (χ0) is 84.5. The van der Waals surface area contributed by atoms with Crippen molar-refractivity contribution in [3.05, 3.63) is 212 Å². The Kier molecular flexibility index (Phi) is 22.5. The van der Waals surface area contributed by atoms with Crippen LogP contribution in [0.15, 0.2) is 122 Å². The number of anilines is 2. The van der Waals surface area contributed by atoms with Gasteiger partial charge in [0.2, 0.25) is 0 Å². The van der Waals surface area contributed by atoms with Crippen molar-refractivity contribution in [1.82, 2.24) is 85.4 Å². The predicted molar refractivity (Wildman–Crippen MR) is 429 cm³/mol. The van der Waals surface area contributed by atoms with Gasteiger partial charge in [0.1, 0.15) is 29.1 Å². The van der Waals surface area contributed by atoms with E-state index >= 15 is 0 Å². The number of rotatable bonds is 12. The van der Waals surface area contributed by atoms with Gasteiger partial charge in [-0.25, -0.2) is 51.3 Å². The Labute approximate surface area is 689 Å². The number of carbonyl (C=O) groups excluding carboxylic acids is 5. The van der Waals surface area contributed by atoms with Gasteiger partial charge in [-0.15, -0.1) is 0 Å². The maximum atomic E-state index is 14.6. The summed E-state index contributed by atoms with van der Waals surface area (Å²) in [6, 6.07) is 33.4. The number of aliphatic hydroxyl groups excluding tert-OH is 1. The molecule has 4 fully saturated rings. The van der Waals surface area contributed by atoms with Crippen LogP contribution in [0, 0.1) is 68.7 Å². The number of benzene rings is 3. The molecule has 612 valence electrons. The molecular formula is C87H78F5N23O6. The van der Waals surface area contributed by atoms with Gasteiger partial charge >= 0.3 is 0 Å². The molecule has 6 N–H and O–H groups in total. The minimum atomic E-state index is -2.62. The molecule has 19 rings (SSSR count). The molecule has 1 aliphatic carbocycles. The van der Waals surface area contributed by atoms with Crippen molar-refractivity contribution < 1.29 is 51.0 Å². The number of aromatic nitrogens is 12. The molecule has 11 aromatic rings. The van der Waals surface area contributed by atoms with Gasteiger partial charge in [0.15, 0.2) is 11.5 Å². The Morgan fingerprint density at radius 2 is 1.02 bits per heavy atom. The first-order valence-corrected chi connectivity index (χ1v) is 39.9. The number of H-pyrrole nitrogens is 1. The number of hydrogen-bond acceptors (Lipinski definition) is 20. The molecule has 29 nitrogen and oxygen atoms in total. The summed E-state index contributed by atoms with van der Waals surface area (Å²) in [5, 5.41) is 72.3. The van der Waals surface area contributed by atoms with Crippen molar-refractivity contribution in [2.45, 2.75) is 135 Å². The second kappa shape index (κ2) is 33.9. The Balaban J connectivity index is 0.000000120. The smallest absolute Gasteiger partial charge is 0.274 e. The van der Waals surface area contributed by atoms with Crippen LogP contribution in [0.3, 0.4) is 0 Å². The van der Waals surface area contributed by atoms with Crippen LogP contribution in [0.5, 0.6) is 0 Å². The zero-order valence-corrected chi connectivity index (χ0v) is 65.6. The van der Waals surface area contributed by atoms with Crippen molar-refractivity contribution in [1.29, 1.82) is 21.0 Å². The van der Waals surface area contributed by atoms with Gasteiger partial charge < -0.3 is 46.1 Å². The number of imidazole rings is 1. The Bertz CT molecular complexity index is 6140. The second-order valence-corrected chi connectivity index (χ2v) is 30.7. The Morgan fingerprint density at radius 3 is 1.56 bits per heavy atom. The molecule has 5 amide bonds. The van der Waals surface area contributed by atoms with Gasteiger partial charge in [0.05, 0.1) is 181 Å². The van der Waals surface area contributed by atoms with Crippen LogP contribution in [0.25, 0.3) is 67.8 Å². The molecule has 1 saturated carbocycles. The highest BCUT2D eigenvalue weighted by Gasteiger charge is 2.38. The normalized spacial score (nSPS) is 17.4. The average molecular weight is 1640 g/mol. The number of piperidine rings is 2. The second-order valence-electron chi connectivity index (χ2n) is 30.7. The van der Waals surface area contributed by atoms with Crippen molar-refractivity contribution in [2.75, 3.05) is 49.1 Å². The molecule has 8 aliphatic rings. The zero-order valence-electron chi connectivity index (χ0n) is 65.6. The number of amides is 5. The van der Waals surface area contributed by atoms with Gasteiger partial charge in [-0.2, -0.15) is 36.3 Å². The van der Waals surface area contributed by atoms with E-state index in [-0.39, 0.29) is 150 Å². The summed E-state index contributed by atoms with van der Waals surface area (Å²) in [5.74, 6) is -3.58. The fourth-order valence-corrected chi connectivity index (χ4v) is 16.5. The maximum absolute atomic E-state index is 14.6. The van der Waals surface area contributed by atoms with E-state index in [0.717, 1.165) is 56.5 Å². The molecule has 0 bridgehead atoms. The van der Waals surface area contributed by atoms with E-state index in [2.05, 4.69) is 72.5 Å². The Morgan fingerprint density at radius 1 is 0.521 bits per heavy atom. The topological polar surface area (TPSA) is 392 Å². The molecule has 34 heteroatoms. The summed E-state index contributed by atoms with van der Waals surface area (Å²) in [5.41, 5.74) is 9.22. The van der Waals surface area contributed by atoms with E-state index in [4.69, 9.17) is 4.98 Å². The minimum Gasteiger partial charge on any atom is -0.393 e. The number of halogens is 5. The monoisotopic (exact) mass is 1640 g/mol. The third-order valence-corrected chi connectivity index (χ3v) is 22.8. The molecule has 3 saturated heterocycles. The van der Waals surface area contributed by atoms with Crippen LogP contribution < -0.4 is 31.1 Å². The highest BCUT2D eigenvalue weighted by atomic mass is 19.3. The summed E-state index contributed by atoms with van der Waals surface area (Å²) in [6.07, 6.45) is 14.4. The van der Waals surface area contributed by atoms with Crippen molar-refractivity contribution in [3.8, 4) is 92.1 Å². The van der Waals surface area contributed by atoms with Crippen molar-refractivity contribution in [3.63, 3.8) is 0 Å². The van der Waals surface area contributed by atoms with Crippen LogP contribution in [0.2, 0.25) is 0 Å². The van der Waals surface area contributed by atoms with E-state index in [9.17, 15) is 72.1 Å². The van der Waals surface area contributed by atoms with Gasteiger partial charge in [0, 0.05) is 106 Å². The fourth-order valence-electron chi connectivity index (χ4n) is 16.5. The lowest BCUT2D eigenvalue weighted by Gasteiger charge is -2.32. The van der Waals surface area contributed by atoms with Crippen LogP contribution in [0.4, 0.5) is 33.6 Å². The summed E-state index contributed by atoms with van der Waals surface area (Å²) >= 11 is 0. The maximum Gasteiger partial charge on any atom is 0.274 e. The number of alkyl halides is 2. The molecule has 8 aromatic heterocycles. The quantitative estimate of drug-likeness (QED) is 0.0489. The van der Waals surface area contributed by atoms with Crippen LogP contribution in [-0.4, -0.2) is 150 Å². The lowest BCUT2D eigenvalue weighted by atomic mass is 9.85. The Hall–Kier alpha value is -14.4. The lowest BCUT2D eigenvalue weighted by Crippen LogP contribution is -2.39. The standard InChI is InChI=1S/C23H26F2N6O.C22H17FN6O2.C22H19FN6O2.C20H16FN5O/c24-23(25)6-8-31(9-7-23)19-13-27-21(30-19)16-10-17(29-18-12-28-22(32)20(16)18)15-5-3-1-2-4-14(15)11-26;23-14-5-3-4-13(11-24)19(14)16-10-18(20-17(26-16)12-25-21(20)30)29-9-6-15(27-29)22(31)28-7-1-2-8-28;23-15-3-1-2-13(11-24)20(15)16-10-18(21-17(26-16)12-25-22(21)31)29-9-6-19(27-29)28-7-4-14(30)5-8-28;1-11(2)26-7-6-15(25-26)13-8-16(24-17-10-23-20(27)19(13)17)18-12(9-22)4-3-5-14(18)21/h10,13-15H,1-9,12H2,(H,27,30)(H,28,32);3-6,9-10H,1-2,7-8,12H2,(H,25,30);1-3,6,9-10,14,30H,4-5,7-8,12H2,(H,25,31);3-8,11H,10H2,1-2H3,(H,23,27)/t14-,15-;;;/m1.../s1. The van der Waals surface area contributed by atoms with E-state index in [1.165, 1.54) is 59.3 Å². The van der Waals surface area contributed by atoms with Crippen molar-refractivity contribution in [2.24, 2.45) is 5.92 Å². The number of nitriles is 4. The average Bonchev–Trinajstić information content (AvgIpc) is 1.73. The number of carbonyl (C=O) groups is 5. The predicted octanol–water partition coefficient (Wildman–Crippen LogP) is 12.2. The molecule has 0 spiro atoms. The summed E-state index contributed by atoms with van der Waals surface area (Å²) in [7, 11) is 0. The van der Waals surface area contributed by atoms with Crippen LogP contribution >= 0.6 is 0 Å². The first-order chi connectivity index (χ1) is 58.5. The molecule has 2 atom stereocenters. The molecule has 3 aromatic carbocycles. The minimum absolute atomic E-state index is 0.0287. The number of fused-ring (bicyclic) bond motifs is 4. The first kappa shape index (κ1) is 80.4. The van der Waals surface area contributed by atoms with E-state index < -0.39 is 23.4 Å². The van der Waals surface area contributed by atoms with Crippen LogP contribution in [-0.2, 0) is 26.2 Å². The number of hydrogen-bond donors (Lipinski definition) is 6. The SMILES string of the molecule is CC(C)n1ccc(-c2cc(-c3c(F)cccc3C#N)nc3c2C(=O)NC3)n1.N#C[C@H]1CCCCC[C@H]1c1cc(-c2ncc(N3CCC(F)(F)CC3)[nH]2)c2c(n1)CNC2=O.N#Cc1cccc(F)c1-c1cc(-n2ccc(C(=O)N3CCCC3)n2)c2c(n1)CNC2=O.N#Cc1cccc(F)c1-c1cc(-n2ccc(N3CCC(O)CC3)n2)c2c(n1)CNC2=O. The van der Waals surface area contributed by atoms with Gasteiger partial charge in [0.25, 0.3) is 35.5 Å². The molecule has 0 radical (unpaired) electrons. The van der Waals surface area contributed by atoms with Crippen LogP contribution in [0.1, 0.15) is 194 Å². The number of aliphatic hydroxyl groups is 1. The number of likely N-dealkylation sites (tertiary alicyclic amines) is 1. The van der Waals surface area contributed by atoms with E-state index in [1.807, 2.05) is 61.4 Å². The summed E-state index contributed by atoms with van der Waals surface area (Å²) in [4.78, 5) is 94.1. The van der Waals surface area contributed by atoms with Gasteiger partial charge in [-0.05, 0) is 125 Å². The molecule has 15 heterocycles. The molecular weight excluding hydrogens is 1560 g/mol. The highest BCUT2D eigenvalue weighted by Crippen LogP contribution is 2.42. The summed E-state index contributed by atoms with van der Waals surface area (Å²) in [6.45, 7) is 8.33. The summed E-state index contributed by atoms with van der Waals surface area (Å²) < 4.78 is 75.7. The first-order valence-electron chi connectivity index (χ1n) is 39.9. The molecule has 0 unspecified atom stereocenters. The number of nitrogens with zero attached hydrogens (tertiary/aromatic N) is 18.